The number of hydrogen-bond donors (Lipinski definition) is 1. The maximum absolute atomic E-state index is 12.0. The zero-order valence-corrected chi connectivity index (χ0v) is 11.7. The molecule has 1 aromatic heterocycles. The Balaban J connectivity index is 1.58. The van der Waals surface area contributed by atoms with Crippen molar-refractivity contribution in [2.75, 3.05) is 5.75 Å². The Labute approximate surface area is 120 Å². The van der Waals surface area contributed by atoms with Gasteiger partial charge in [0, 0.05) is 23.8 Å². The SMILES string of the molecule is O=C(CCSc1n[nH]c(=O)n1C1CC1)c1ccccc1. The molecule has 0 saturated heterocycles. The molecule has 0 bridgehead atoms. The van der Waals surface area contributed by atoms with E-state index in [1.807, 2.05) is 30.3 Å². The molecule has 1 heterocycles. The van der Waals surface area contributed by atoms with Gasteiger partial charge < -0.3 is 0 Å². The Bertz CT molecular complexity index is 659. The van der Waals surface area contributed by atoms with E-state index in [9.17, 15) is 9.59 Å². The molecule has 0 unspecified atom stereocenters. The molecule has 1 N–H and O–H groups in total. The van der Waals surface area contributed by atoms with Crippen LogP contribution in [0.1, 0.15) is 35.7 Å². The summed E-state index contributed by atoms with van der Waals surface area (Å²) >= 11 is 1.46. The van der Waals surface area contributed by atoms with Gasteiger partial charge in [0.15, 0.2) is 10.9 Å². The highest BCUT2D eigenvalue weighted by atomic mass is 32.2. The minimum atomic E-state index is -0.149. The van der Waals surface area contributed by atoms with E-state index in [1.54, 1.807) is 4.57 Å². The molecule has 1 fully saturated rings. The van der Waals surface area contributed by atoms with Crippen LogP contribution in [0.15, 0.2) is 40.3 Å². The number of nitrogens with zero attached hydrogens (tertiary/aromatic N) is 2. The lowest BCUT2D eigenvalue weighted by molar-refractivity contribution is 0.0989. The van der Waals surface area contributed by atoms with Gasteiger partial charge in [-0.15, -0.1) is 5.10 Å². The molecule has 1 aromatic carbocycles. The van der Waals surface area contributed by atoms with Gasteiger partial charge in [0.1, 0.15) is 0 Å². The highest BCUT2D eigenvalue weighted by Crippen LogP contribution is 2.36. The van der Waals surface area contributed by atoms with Crippen LogP contribution in [0, 0.1) is 0 Å². The third-order valence-electron chi connectivity index (χ3n) is 3.24. The molecule has 5 nitrogen and oxygen atoms in total. The summed E-state index contributed by atoms with van der Waals surface area (Å²) in [5.41, 5.74) is 0.582. The van der Waals surface area contributed by atoms with E-state index < -0.39 is 0 Å². The lowest BCUT2D eigenvalue weighted by atomic mass is 10.1. The van der Waals surface area contributed by atoms with Gasteiger partial charge >= 0.3 is 5.69 Å². The van der Waals surface area contributed by atoms with Gasteiger partial charge in [-0.25, -0.2) is 9.89 Å². The summed E-state index contributed by atoms with van der Waals surface area (Å²) in [6.07, 6.45) is 2.52. The number of carbonyl (C=O) groups excluding carboxylic acids is 1. The van der Waals surface area contributed by atoms with Gasteiger partial charge in [-0.05, 0) is 12.8 Å². The lowest BCUT2D eigenvalue weighted by Crippen LogP contribution is -2.16. The molecule has 2 aromatic rings. The van der Waals surface area contributed by atoms with Crippen molar-refractivity contribution in [2.24, 2.45) is 0 Å². The minimum absolute atomic E-state index is 0.119. The zero-order valence-electron chi connectivity index (χ0n) is 10.9. The molecule has 0 spiro atoms. The molecule has 0 amide bonds. The van der Waals surface area contributed by atoms with Crippen molar-refractivity contribution in [2.45, 2.75) is 30.5 Å². The van der Waals surface area contributed by atoms with E-state index in [2.05, 4.69) is 10.2 Å². The zero-order chi connectivity index (χ0) is 13.9. The molecule has 0 radical (unpaired) electrons. The highest BCUT2D eigenvalue weighted by Gasteiger charge is 2.28. The number of benzene rings is 1. The van der Waals surface area contributed by atoms with E-state index in [0.717, 1.165) is 18.4 Å². The van der Waals surface area contributed by atoms with Crippen LogP contribution in [-0.4, -0.2) is 26.3 Å². The van der Waals surface area contributed by atoms with Crippen LogP contribution in [-0.2, 0) is 0 Å². The first-order valence-corrected chi connectivity index (χ1v) is 7.62. The first-order valence-electron chi connectivity index (χ1n) is 6.63. The van der Waals surface area contributed by atoms with Crippen molar-refractivity contribution < 1.29 is 4.79 Å². The fraction of sp³-hybridized carbons (Fsp3) is 0.357. The molecule has 104 valence electrons. The highest BCUT2D eigenvalue weighted by molar-refractivity contribution is 7.99. The lowest BCUT2D eigenvalue weighted by Gasteiger charge is -2.03. The van der Waals surface area contributed by atoms with Crippen LogP contribution in [0.5, 0.6) is 0 Å². The predicted molar refractivity (Wildman–Crippen MR) is 77.2 cm³/mol. The van der Waals surface area contributed by atoms with Gasteiger partial charge in [-0.1, -0.05) is 42.1 Å². The van der Waals surface area contributed by atoms with E-state index in [4.69, 9.17) is 0 Å². The van der Waals surface area contributed by atoms with Crippen LogP contribution < -0.4 is 5.69 Å². The Kier molecular flexibility index (Phi) is 3.73. The smallest absolute Gasteiger partial charge is 0.294 e. The van der Waals surface area contributed by atoms with Crippen LogP contribution in [0.4, 0.5) is 0 Å². The molecule has 0 aliphatic heterocycles. The number of ketones is 1. The largest absolute Gasteiger partial charge is 0.344 e. The molecular formula is C14H15N3O2S. The topological polar surface area (TPSA) is 67.8 Å². The normalized spacial score (nSPS) is 14.4. The summed E-state index contributed by atoms with van der Waals surface area (Å²) in [4.78, 5) is 23.6. The summed E-state index contributed by atoms with van der Waals surface area (Å²) in [6.45, 7) is 0. The first-order chi connectivity index (χ1) is 9.75. The van der Waals surface area contributed by atoms with E-state index >= 15 is 0 Å². The fourth-order valence-corrected chi connectivity index (χ4v) is 3.00. The molecule has 1 aliphatic carbocycles. The molecule has 3 rings (SSSR count). The minimum Gasteiger partial charge on any atom is -0.294 e. The summed E-state index contributed by atoms with van der Waals surface area (Å²) in [7, 11) is 0. The van der Waals surface area contributed by atoms with Crippen molar-refractivity contribution in [3.8, 4) is 0 Å². The molecule has 0 atom stereocenters. The number of carbonyl (C=O) groups is 1. The first kappa shape index (κ1) is 13.2. The van der Waals surface area contributed by atoms with Crippen LogP contribution in [0.2, 0.25) is 0 Å². The van der Waals surface area contributed by atoms with Crippen molar-refractivity contribution in [1.29, 1.82) is 0 Å². The summed E-state index contributed by atoms with van der Waals surface area (Å²) in [6, 6.07) is 9.55. The third-order valence-corrected chi connectivity index (χ3v) is 4.19. The monoisotopic (exact) mass is 289 g/mol. The number of rotatable bonds is 6. The third kappa shape index (κ3) is 2.85. The number of hydrogen-bond acceptors (Lipinski definition) is 4. The van der Waals surface area contributed by atoms with Crippen molar-refractivity contribution >= 4 is 17.5 Å². The second-order valence-corrected chi connectivity index (χ2v) is 5.86. The van der Waals surface area contributed by atoms with E-state index in [0.29, 0.717) is 23.4 Å². The van der Waals surface area contributed by atoms with Gasteiger partial charge in [0.25, 0.3) is 0 Å². The second-order valence-electron chi connectivity index (χ2n) is 4.80. The standard InChI is InChI=1S/C14H15N3O2S/c18-12(10-4-2-1-3-5-10)8-9-20-14-16-15-13(19)17(14)11-6-7-11/h1-5,11H,6-9H2,(H,15,19). The Morgan fingerprint density at radius 1 is 1.35 bits per heavy atom. The summed E-state index contributed by atoms with van der Waals surface area (Å²) in [5.74, 6) is 0.749. The van der Waals surface area contributed by atoms with Crippen molar-refractivity contribution in [3.63, 3.8) is 0 Å². The summed E-state index contributed by atoms with van der Waals surface area (Å²) in [5, 5.41) is 7.20. The quantitative estimate of drug-likeness (QED) is 0.654. The number of H-pyrrole nitrogens is 1. The average molecular weight is 289 g/mol. The molecule has 1 aliphatic rings. The van der Waals surface area contributed by atoms with E-state index in [1.165, 1.54) is 11.8 Å². The molecule has 6 heteroatoms. The number of Topliss-reactive ketones (excluding diaryl/α,β-unsaturated/α-hetero) is 1. The predicted octanol–water partition coefficient (Wildman–Crippen LogP) is 2.27. The van der Waals surface area contributed by atoms with E-state index in [-0.39, 0.29) is 11.5 Å². The molecular weight excluding hydrogens is 274 g/mol. The Hall–Kier alpha value is -1.82. The number of nitrogens with one attached hydrogen (secondary N) is 1. The fourth-order valence-electron chi connectivity index (χ4n) is 2.05. The Morgan fingerprint density at radius 3 is 2.80 bits per heavy atom. The number of thioether (sulfide) groups is 1. The van der Waals surface area contributed by atoms with Gasteiger partial charge in [0.2, 0.25) is 0 Å². The van der Waals surface area contributed by atoms with Crippen molar-refractivity contribution in [3.05, 3.63) is 46.4 Å². The average Bonchev–Trinajstić information content (AvgIpc) is 3.24. The van der Waals surface area contributed by atoms with Crippen molar-refractivity contribution in [1.82, 2.24) is 14.8 Å². The van der Waals surface area contributed by atoms with Gasteiger partial charge in [-0.3, -0.25) is 9.36 Å². The summed E-state index contributed by atoms with van der Waals surface area (Å²) < 4.78 is 1.71. The Morgan fingerprint density at radius 2 is 2.10 bits per heavy atom. The molecule has 1 saturated carbocycles. The van der Waals surface area contributed by atoms with Gasteiger partial charge in [-0.2, -0.15) is 0 Å². The van der Waals surface area contributed by atoms with Gasteiger partial charge in [0.05, 0.1) is 0 Å². The number of aromatic nitrogens is 3. The van der Waals surface area contributed by atoms with Crippen LogP contribution in [0.25, 0.3) is 0 Å². The van der Waals surface area contributed by atoms with Crippen LogP contribution >= 0.6 is 11.8 Å². The van der Waals surface area contributed by atoms with Crippen LogP contribution in [0.3, 0.4) is 0 Å². The number of aromatic amines is 1. The maximum Gasteiger partial charge on any atom is 0.344 e. The second kappa shape index (κ2) is 5.66. The maximum atomic E-state index is 12.0. The molecule has 20 heavy (non-hydrogen) atoms.